The first-order valence-electron chi connectivity index (χ1n) is 11.7. The van der Waals surface area contributed by atoms with Crippen LogP contribution in [0.25, 0.3) is 0 Å². The van der Waals surface area contributed by atoms with E-state index < -0.39 is 18.0 Å². The molecule has 9 nitrogen and oxygen atoms in total. The fourth-order valence-corrected chi connectivity index (χ4v) is 4.35. The van der Waals surface area contributed by atoms with E-state index in [1.165, 1.54) is 7.11 Å². The molecule has 9 heteroatoms. The molecule has 0 fully saturated rings. The predicted octanol–water partition coefficient (Wildman–Crippen LogP) is 3.55. The molecular weight excluding hydrogens is 474 g/mol. The van der Waals surface area contributed by atoms with Crippen LogP contribution in [0, 0.1) is 5.41 Å². The molecule has 4 rings (SSSR count). The molecule has 0 saturated heterocycles. The van der Waals surface area contributed by atoms with E-state index in [2.05, 4.69) is 0 Å². The molecular formula is C28H27N3O6. The average Bonchev–Trinajstić information content (AvgIpc) is 2.90. The van der Waals surface area contributed by atoms with Gasteiger partial charge < -0.3 is 25.2 Å². The van der Waals surface area contributed by atoms with E-state index >= 15 is 0 Å². The van der Waals surface area contributed by atoms with E-state index in [9.17, 15) is 19.5 Å². The lowest BCUT2D eigenvalue weighted by atomic mass is 9.93. The normalized spacial score (nSPS) is 13.4. The van der Waals surface area contributed by atoms with Gasteiger partial charge in [-0.1, -0.05) is 36.4 Å². The number of aliphatic carboxylic acids is 1. The Kier molecular flexibility index (Phi) is 7.52. The van der Waals surface area contributed by atoms with E-state index in [0.717, 1.165) is 11.1 Å². The second-order valence-corrected chi connectivity index (χ2v) is 8.69. The molecule has 1 aliphatic heterocycles. The minimum atomic E-state index is -1.03. The van der Waals surface area contributed by atoms with Crippen LogP contribution >= 0.6 is 0 Å². The van der Waals surface area contributed by atoms with Crippen LogP contribution in [-0.4, -0.2) is 47.3 Å². The SMILES string of the molecule is COC(=O)c1ccc(C(CC(=O)O)N2CCc3cc(OCc4ccc(C(=N)N)cc4)ccc3C2=O)cc1. The molecule has 0 radical (unpaired) electrons. The predicted molar refractivity (Wildman–Crippen MR) is 136 cm³/mol. The van der Waals surface area contributed by atoms with Crippen molar-refractivity contribution >= 4 is 23.7 Å². The van der Waals surface area contributed by atoms with E-state index in [1.54, 1.807) is 53.4 Å². The Morgan fingerprint density at radius 1 is 1.05 bits per heavy atom. The number of carboxylic acids is 1. The number of amidine groups is 1. The van der Waals surface area contributed by atoms with Gasteiger partial charge in [0.05, 0.1) is 25.1 Å². The molecule has 190 valence electrons. The second-order valence-electron chi connectivity index (χ2n) is 8.69. The Morgan fingerprint density at radius 2 is 1.73 bits per heavy atom. The van der Waals surface area contributed by atoms with Gasteiger partial charge in [-0.25, -0.2) is 4.79 Å². The van der Waals surface area contributed by atoms with Crippen molar-refractivity contribution in [2.45, 2.75) is 25.5 Å². The van der Waals surface area contributed by atoms with Gasteiger partial charge in [0.15, 0.2) is 0 Å². The Balaban J connectivity index is 1.50. The summed E-state index contributed by atoms with van der Waals surface area (Å²) in [6.45, 7) is 0.664. The lowest BCUT2D eigenvalue weighted by molar-refractivity contribution is -0.138. The quantitative estimate of drug-likeness (QED) is 0.231. The Hall–Kier alpha value is -4.66. The lowest BCUT2D eigenvalue weighted by Gasteiger charge is -2.35. The molecule has 1 aliphatic rings. The summed E-state index contributed by atoms with van der Waals surface area (Å²) in [7, 11) is 1.29. The first kappa shape index (κ1) is 25.4. The fourth-order valence-electron chi connectivity index (χ4n) is 4.35. The number of methoxy groups -OCH3 is 1. The van der Waals surface area contributed by atoms with Crippen LogP contribution in [0.2, 0.25) is 0 Å². The molecule has 1 unspecified atom stereocenters. The van der Waals surface area contributed by atoms with Gasteiger partial charge >= 0.3 is 11.9 Å². The number of nitrogen functional groups attached to an aromatic ring is 1. The number of rotatable bonds is 9. The largest absolute Gasteiger partial charge is 0.489 e. The number of carbonyl (C=O) groups excluding carboxylic acids is 2. The van der Waals surface area contributed by atoms with Crippen molar-refractivity contribution in [3.8, 4) is 5.75 Å². The van der Waals surface area contributed by atoms with Crippen molar-refractivity contribution in [3.63, 3.8) is 0 Å². The number of hydrogen-bond donors (Lipinski definition) is 3. The highest BCUT2D eigenvalue weighted by atomic mass is 16.5. The molecule has 0 aromatic heterocycles. The van der Waals surface area contributed by atoms with Crippen LogP contribution in [0.15, 0.2) is 66.7 Å². The Labute approximate surface area is 213 Å². The molecule has 0 bridgehead atoms. The third-order valence-electron chi connectivity index (χ3n) is 6.32. The Bertz CT molecular complexity index is 1340. The number of ether oxygens (including phenoxy) is 2. The van der Waals surface area contributed by atoms with Crippen LogP contribution in [0.3, 0.4) is 0 Å². The molecule has 0 spiro atoms. The number of nitrogens with two attached hydrogens (primary N) is 1. The molecule has 3 aromatic rings. The van der Waals surface area contributed by atoms with Crippen LogP contribution in [0.1, 0.15) is 55.4 Å². The number of hydrogen-bond acceptors (Lipinski definition) is 6. The first-order valence-corrected chi connectivity index (χ1v) is 11.7. The maximum Gasteiger partial charge on any atom is 0.337 e. The van der Waals surface area contributed by atoms with Gasteiger partial charge in [-0.15, -0.1) is 0 Å². The number of carbonyl (C=O) groups is 3. The monoisotopic (exact) mass is 501 g/mol. The number of esters is 1. The minimum absolute atomic E-state index is 0.00432. The number of amides is 1. The summed E-state index contributed by atoms with van der Waals surface area (Å²) in [5.74, 6) is -1.15. The first-order chi connectivity index (χ1) is 17.8. The van der Waals surface area contributed by atoms with Gasteiger partial charge in [-0.05, 0) is 53.4 Å². The minimum Gasteiger partial charge on any atom is -0.489 e. The summed E-state index contributed by atoms with van der Waals surface area (Å²) >= 11 is 0. The fraction of sp³-hybridized carbons (Fsp3) is 0.214. The molecule has 1 amide bonds. The number of fused-ring (bicyclic) bond motifs is 1. The average molecular weight is 502 g/mol. The van der Waals surface area contributed by atoms with Gasteiger partial charge in [0.1, 0.15) is 18.2 Å². The van der Waals surface area contributed by atoms with E-state index in [-0.39, 0.29) is 18.2 Å². The van der Waals surface area contributed by atoms with Gasteiger partial charge in [0.25, 0.3) is 5.91 Å². The van der Waals surface area contributed by atoms with E-state index in [4.69, 9.17) is 20.6 Å². The Morgan fingerprint density at radius 3 is 2.35 bits per heavy atom. The van der Waals surface area contributed by atoms with Crippen molar-refractivity contribution in [1.82, 2.24) is 4.90 Å². The highest BCUT2D eigenvalue weighted by Crippen LogP contribution is 2.32. The molecule has 1 heterocycles. The maximum absolute atomic E-state index is 13.4. The highest BCUT2D eigenvalue weighted by Gasteiger charge is 2.32. The number of carboxylic acid groups (broad SMARTS) is 1. The van der Waals surface area contributed by atoms with Crippen LogP contribution in [0.4, 0.5) is 0 Å². The van der Waals surface area contributed by atoms with Crippen molar-refractivity contribution in [2.75, 3.05) is 13.7 Å². The summed E-state index contributed by atoms with van der Waals surface area (Å²) in [6, 6.07) is 18.2. The lowest BCUT2D eigenvalue weighted by Crippen LogP contribution is -2.41. The molecule has 3 aromatic carbocycles. The van der Waals surface area contributed by atoms with Gasteiger partial charge in [-0.2, -0.15) is 0 Å². The summed E-state index contributed by atoms with van der Waals surface area (Å²) in [4.78, 5) is 38.4. The van der Waals surface area contributed by atoms with Crippen molar-refractivity contribution in [2.24, 2.45) is 5.73 Å². The molecule has 37 heavy (non-hydrogen) atoms. The van der Waals surface area contributed by atoms with Crippen LogP contribution < -0.4 is 10.5 Å². The van der Waals surface area contributed by atoms with E-state index in [0.29, 0.717) is 47.6 Å². The third-order valence-corrected chi connectivity index (χ3v) is 6.32. The van der Waals surface area contributed by atoms with Crippen LogP contribution in [0.5, 0.6) is 5.75 Å². The number of nitrogens with one attached hydrogen (secondary N) is 1. The molecule has 1 atom stereocenters. The molecule has 0 aliphatic carbocycles. The standard InChI is InChI=1S/C28H27N3O6/c1-36-28(35)20-8-6-18(7-9-20)24(15-25(32)33)31-13-12-21-14-22(10-11-23(21)27(31)34)37-16-17-2-4-19(5-3-17)26(29)30/h2-11,14,24H,12-13,15-16H2,1H3,(H3,29,30)(H,32,33). The highest BCUT2D eigenvalue weighted by molar-refractivity contribution is 5.97. The van der Waals surface area contributed by atoms with Crippen molar-refractivity contribution in [3.05, 3.63) is 100 Å². The summed E-state index contributed by atoms with van der Waals surface area (Å²) in [6.07, 6.45) is 0.282. The smallest absolute Gasteiger partial charge is 0.337 e. The van der Waals surface area contributed by atoms with Gasteiger partial charge in [0, 0.05) is 17.7 Å². The third kappa shape index (κ3) is 5.78. The maximum atomic E-state index is 13.4. The van der Waals surface area contributed by atoms with Gasteiger partial charge in [0.2, 0.25) is 0 Å². The summed E-state index contributed by atoms with van der Waals surface area (Å²) < 4.78 is 10.6. The summed E-state index contributed by atoms with van der Waals surface area (Å²) in [5.41, 5.74) is 9.36. The zero-order valence-corrected chi connectivity index (χ0v) is 20.3. The van der Waals surface area contributed by atoms with Gasteiger partial charge in [-0.3, -0.25) is 15.0 Å². The topological polar surface area (TPSA) is 143 Å². The van der Waals surface area contributed by atoms with E-state index in [1.807, 2.05) is 18.2 Å². The molecule has 4 N–H and O–H groups in total. The summed E-state index contributed by atoms with van der Waals surface area (Å²) in [5, 5.41) is 17.0. The zero-order chi connectivity index (χ0) is 26.5. The molecule has 0 saturated carbocycles. The van der Waals surface area contributed by atoms with Crippen LogP contribution in [-0.2, 0) is 22.6 Å². The van der Waals surface area contributed by atoms with Crippen molar-refractivity contribution in [1.29, 1.82) is 5.41 Å². The zero-order valence-electron chi connectivity index (χ0n) is 20.3. The number of nitrogens with zero attached hydrogens (tertiary/aromatic N) is 1. The van der Waals surface area contributed by atoms with Crippen molar-refractivity contribution < 1.29 is 29.0 Å². The second kappa shape index (κ2) is 10.9. The number of benzene rings is 3.